The minimum Gasteiger partial charge on any atom is -0.306 e. The Morgan fingerprint density at radius 3 is 2.39 bits per heavy atom. The zero-order valence-corrected chi connectivity index (χ0v) is 13.6. The Bertz CT molecular complexity index is 1150. The van der Waals surface area contributed by atoms with Gasteiger partial charge in [0.2, 0.25) is 0 Å². The highest BCUT2D eigenvalue weighted by molar-refractivity contribution is 7.90. The molecule has 3 aromatic rings. The van der Waals surface area contributed by atoms with Crippen LogP contribution in [0.5, 0.6) is 0 Å². The van der Waals surface area contributed by atoms with Gasteiger partial charge >= 0.3 is 5.69 Å². The highest BCUT2D eigenvalue weighted by atomic mass is 35.5. The fourth-order valence-corrected chi connectivity index (χ4v) is 4.09. The SMILES string of the molecule is O=c1[nH]c2cc(Cl)ccc2c(=O)n1S(=O)(=O)c1ccccc1Cl. The molecule has 0 saturated heterocycles. The monoisotopic (exact) mass is 370 g/mol. The van der Waals surface area contributed by atoms with Crippen LogP contribution in [0, 0.1) is 0 Å². The van der Waals surface area contributed by atoms with Gasteiger partial charge in [-0.15, -0.1) is 3.97 Å². The first-order valence-corrected chi connectivity index (χ1v) is 8.46. The Morgan fingerprint density at radius 2 is 1.70 bits per heavy atom. The molecule has 1 heterocycles. The molecule has 3 rings (SSSR count). The molecule has 0 amide bonds. The fourth-order valence-electron chi connectivity index (χ4n) is 2.14. The van der Waals surface area contributed by atoms with E-state index in [2.05, 4.69) is 4.98 Å². The lowest BCUT2D eigenvalue weighted by Gasteiger charge is -2.09. The molecule has 0 aliphatic rings. The van der Waals surface area contributed by atoms with Crippen molar-refractivity contribution in [1.82, 2.24) is 8.96 Å². The van der Waals surface area contributed by atoms with Crippen molar-refractivity contribution in [3.63, 3.8) is 0 Å². The van der Waals surface area contributed by atoms with Crippen molar-refractivity contribution in [3.05, 3.63) is 73.3 Å². The fraction of sp³-hybridized carbons (Fsp3) is 0. The molecule has 2 aromatic carbocycles. The topological polar surface area (TPSA) is 89.0 Å². The van der Waals surface area contributed by atoms with Crippen molar-refractivity contribution >= 4 is 44.1 Å². The first-order chi connectivity index (χ1) is 10.8. The predicted molar refractivity (Wildman–Crippen MR) is 87.9 cm³/mol. The van der Waals surface area contributed by atoms with Gasteiger partial charge in [-0.25, -0.2) is 13.2 Å². The molecule has 118 valence electrons. The third kappa shape index (κ3) is 2.56. The van der Waals surface area contributed by atoms with Crippen LogP contribution >= 0.6 is 23.2 Å². The summed E-state index contributed by atoms with van der Waals surface area (Å²) in [4.78, 5) is 26.6. The Kier molecular flexibility index (Phi) is 3.79. The average Bonchev–Trinajstić information content (AvgIpc) is 2.46. The Hall–Kier alpha value is -2.09. The molecule has 23 heavy (non-hydrogen) atoms. The number of aromatic nitrogens is 2. The zero-order valence-electron chi connectivity index (χ0n) is 11.3. The lowest BCUT2D eigenvalue weighted by Crippen LogP contribution is -2.40. The third-order valence-corrected chi connectivity index (χ3v) is 5.58. The van der Waals surface area contributed by atoms with Crippen molar-refractivity contribution in [2.45, 2.75) is 4.90 Å². The number of hydrogen-bond acceptors (Lipinski definition) is 4. The number of benzene rings is 2. The van der Waals surface area contributed by atoms with Gasteiger partial charge in [0, 0.05) is 5.02 Å². The molecule has 0 bridgehead atoms. The number of nitrogens with one attached hydrogen (secondary N) is 1. The number of rotatable bonds is 2. The molecule has 1 N–H and O–H groups in total. The van der Waals surface area contributed by atoms with E-state index < -0.39 is 21.3 Å². The second-order valence-electron chi connectivity index (χ2n) is 4.63. The Labute approximate surface area is 140 Å². The highest BCUT2D eigenvalue weighted by Gasteiger charge is 2.25. The molecule has 6 nitrogen and oxygen atoms in total. The highest BCUT2D eigenvalue weighted by Crippen LogP contribution is 2.22. The summed E-state index contributed by atoms with van der Waals surface area (Å²) in [5.41, 5.74) is -1.91. The Morgan fingerprint density at radius 1 is 1.00 bits per heavy atom. The summed E-state index contributed by atoms with van der Waals surface area (Å²) in [6.45, 7) is 0. The molecule has 1 aromatic heterocycles. The lowest BCUT2D eigenvalue weighted by atomic mass is 10.2. The van der Waals surface area contributed by atoms with Crippen molar-refractivity contribution < 1.29 is 8.42 Å². The average molecular weight is 371 g/mol. The largest absolute Gasteiger partial charge is 0.343 e. The maximum Gasteiger partial charge on any atom is 0.343 e. The maximum absolute atomic E-state index is 12.6. The van der Waals surface area contributed by atoms with Gasteiger partial charge in [-0.05, 0) is 30.3 Å². The predicted octanol–water partition coefficient (Wildman–Crippen LogP) is 2.23. The van der Waals surface area contributed by atoms with Gasteiger partial charge in [0.05, 0.1) is 15.9 Å². The van der Waals surface area contributed by atoms with Crippen LogP contribution in [-0.4, -0.2) is 17.4 Å². The minimum absolute atomic E-state index is 0.0182. The summed E-state index contributed by atoms with van der Waals surface area (Å²) in [6, 6.07) is 9.69. The summed E-state index contributed by atoms with van der Waals surface area (Å²) in [5.74, 6) is 0. The third-order valence-electron chi connectivity index (χ3n) is 3.18. The number of halogens is 2. The van der Waals surface area contributed by atoms with Gasteiger partial charge < -0.3 is 4.98 Å². The number of aromatic amines is 1. The first kappa shape index (κ1) is 15.8. The second-order valence-corrected chi connectivity index (χ2v) is 7.22. The van der Waals surface area contributed by atoms with Gasteiger partial charge in [0.1, 0.15) is 4.90 Å². The standard InChI is InChI=1S/C14H8Cl2N2O4S/c15-8-5-6-9-11(7-8)17-14(20)18(13(9)19)23(21,22)12-4-2-1-3-10(12)16/h1-7H,(H,17,20). The van der Waals surface area contributed by atoms with E-state index in [4.69, 9.17) is 23.2 Å². The summed E-state index contributed by atoms with van der Waals surface area (Å²) in [7, 11) is -4.44. The van der Waals surface area contributed by atoms with Crippen LogP contribution in [0.15, 0.2) is 56.9 Å². The Balaban J connectivity index is 2.42. The van der Waals surface area contributed by atoms with Gasteiger partial charge in [-0.2, -0.15) is 0 Å². The normalized spacial score (nSPS) is 11.7. The van der Waals surface area contributed by atoms with Crippen LogP contribution in [0.3, 0.4) is 0 Å². The van der Waals surface area contributed by atoms with Gasteiger partial charge in [0.25, 0.3) is 15.6 Å². The van der Waals surface area contributed by atoms with Crippen LogP contribution in [0.4, 0.5) is 0 Å². The molecule has 0 aliphatic carbocycles. The van der Waals surface area contributed by atoms with Gasteiger partial charge in [-0.1, -0.05) is 35.3 Å². The molecular weight excluding hydrogens is 363 g/mol. The van der Waals surface area contributed by atoms with Crippen LogP contribution in [0.25, 0.3) is 10.9 Å². The van der Waals surface area contributed by atoms with Crippen molar-refractivity contribution in [2.75, 3.05) is 0 Å². The van der Waals surface area contributed by atoms with E-state index in [0.29, 0.717) is 5.02 Å². The number of H-pyrrole nitrogens is 1. The number of fused-ring (bicyclic) bond motifs is 1. The van der Waals surface area contributed by atoms with Crippen LogP contribution in [0.2, 0.25) is 10.0 Å². The maximum atomic E-state index is 12.6. The molecule has 0 spiro atoms. The second kappa shape index (κ2) is 5.52. The molecule has 0 unspecified atom stereocenters. The first-order valence-electron chi connectivity index (χ1n) is 6.27. The molecule has 0 fully saturated rings. The van der Waals surface area contributed by atoms with Crippen LogP contribution < -0.4 is 11.2 Å². The summed E-state index contributed by atoms with van der Waals surface area (Å²) < 4.78 is 25.4. The smallest absolute Gasteiger partial charge is 0.306 e. The van der Waals surface area contributed by atoms with E-state index >= 15 is 0 Å². The number of hydrogen-bond donors (Lipinski definition) is 1. The minimum atomic E-state index is -4.44. The van der Waals surface area contributed by atoms with Gasteiger partial charge in [0.15, 0.2) is 0 Å². The van der Waals surface area contributed by atoms with Crippen LogP contribution in [0.1, 0.15) is 0 Å². The molecule has 0 atom stereocenters. The van der Waals surface area contributed by atoms with E-state index in [1.807, 2.05) is 0 Å². The van der Waals surface area contributed by atoms with E-state index in [1.165, 1.54) is 42.5 Å². The van der Waals surface area contributed by atoms with Crippen molar-refractivity contribution in [1.29, 1.82) is 0 Å². The van der Waals surface area contributed by atoms with E-state index in [0.717, 1.165) is 0 Å². The quantitative estimate of drug-likeness (QED) is 0.748. The summed E-state index contributed by atoms with van der Waals surface area (Å²) in [5, 5.41) is 0.235. The molecule has 0 aliphatic heterocycles. The van der Waals surface area contributed by atoms with Crippen LogP contribution in [-0.2, 0) is 10.0 Å². The van der Waals surface area contributed by atoms with Crippen molar-refractivity contribution in [3.8, 4) is 0 Å². The van der Waals surface area contributed by atoms with Gasteiger partial charge in [-0.3, -0.25) is 4.79 Å². The van der Waals surface area contributed by atoms with Crippen molar-refractivity contribution in [2.24, 2.45) is 0 Å². The van der Waals surface area contributed by atoms with E-state index in [1.54, 1.807) is 0 Å². The molecular formula is C14H8Cl2N2O4S. The summed E-state index contributed by atoms with van der Waals surface area (Å²) >= 11 is 11.7. The van der Waals surface area contributed by atoms with E-state index in [-0.39, 0.29) is 24.8 Å². The molecule has 0 radical (unpaired) electrons. The zero-order chi connectivity index (χ0) is 16.8. The molecule has 9 heteroatoms. The molecule has 0 saturated carbocycles. The van der Waals surface area contributed by atoms with E-state index in [9.17, 15) is 18.0 Å². The lowest BCUT2D eigenvalue weighted by molar-refractivity contribution is 0.582. The summed E-state index contributed by atoms with van der Waals surface area (Å²) in [6.07, 6.45) is 0. The number of nitrogens with zero attached hydrogens (tertiary/aromatic N) is 1.